The smallest absolute Gasteiger partial charge is 0.308 e. The summed E-state index contributed by atoms with van der Waals surface area (Å²) in [7, 11) is 3.12. The maximum Gasteiger partial charge on any atom is 0.308 e. The van der Waals surface area contributed by atoms with Crippen LogP contribution in [0, 0.1) is 5.92 Å². The highest BCUT2D eigenvalue weighted by atomic mass is 16.5. The Labute approximate surface area is 116 Å². The van der Waals surface area contributed by atoms with Gasteiger partial charge in [0, 0.05) is 25.1 Å². The standard InChI is InChI=1S/C14H17NO5/c1-19-11-3-4-12(20-2)9(5-11)7-15-8-10(14(17)18)6-13(15)16/h3-5,10H,6-8H2,1-2H3,(H,17,18). The minimum atomic E-state index is -0.932. The van der Waals surface area contributed by atoms with Gasteiger partial charge in [-0.2, -0.15) is 0 Å². The molecule has 0 aliphatic carbocycles. The first-order valence-corrected chi connectivity index (χ1v) is 6.26. The summed E-state index contributed by atoms with van der Waals surface area (Å²) in [6.45, 7) is 0.553. The number of amides is 1. The molecule has 6 heteroatoms. The number of carbonyl (C=O) groups excluding carboxylic acids is 1. The van der Waals surface area contributed by atoms with E-state index >= 15 is 0 Å². The van der Waals surface area contributed by atoms with Crippen molar-refractivity contribution in [1.29, 1.82) is 0 Å². The number of rotatable bonds is 5. The van der Waals surface area contributed by atoms with E-state index in [1.54, 1.807) is 32.4 Å². The molecule has 1 heterocycles. The number of carboxylic acids is 1. The molecule has 6 nitrogen and oxygen atoms in total. The predicted octanol–water partition coefficient (Wildman–Crippen LogP) is 1.14. The zero-order valence-corrected chi connectivity index (χ0v) is 11.5. The fraction of sp³-hybridized carbons (Fsp3) is 0.429. The van der Waals surface area contributed by atoms with E-state index < -0.39 is 11.9 Å². The minimum Gasteiger partial charge on any atom is -0.497 e. The lowest BCUT2D eigenvalue weighted by Crippen LogP contribution is -2.26. The van der Waals surface area contributed by atoms with E-state index in [0.29, 0.717) is 18.0 Å². The third kappa shape index (κ3) is 2.84. The average molecular weight is 279 g/mol. The molecule has 1 fully saturated rings. The van der Waals surface area contributed by atoms with Gasteiger partial charge in [0.2, 0.25) is 5.91 Å². The van der Waals surface area contributed by atoms with E-state index in [2.05, 4.69) is 0 Å². The lowest BCUT2D eigenvalue weighted by Gasteiger charge is -2.18. The summed E-state index contributed by atoms with van der Waals surface area (Å²) in [6, 6.07) is 5.33. The molecule has 1 amide bonds. The summed E-state index contributed by atoms with van der Waals surface area (Å²) >= 11 is 0. The van der Waals surface area contributed by atoms with E-state index in [4.69, 9.17) is 14.6 Å². The molecule has 0 spiro atoms. The number of ether oxygens (including phenoxy) is 2. The Balaban J connectivity index is 2.17. The van der Waals surface area contributed by atoms with Crippen molar-refractivity contribution in [2.45, 2.75) is 13.0 Å². The van der Waals surface area contributed by atoms with Crippen LogP contribution in [0.4, 0.5) is 0 Å². The van der Waals surface area contributed by atoms with Crippen LogP contribution in [0.1, 0.15) is 12.0 Å². The first-order valence-electron chi connectivity index (χ1n) is 6.26. The van der Waals surface area contributed by atoms with Crippen LogP contribution in [0.25, 0.3) is 0 Å². The van der Waals surface area contributed by atoms with Crippen molar-refractivity contribution in [2.24, 2.45) is 5.92 Å². The molecule has 1 aliphatic heterocycles. The molecule has 1 aromatic rings. The van der Waals surface area contributed by atoms with Crippen molar-refractivity contribution in [1.82, 2.24) is 4.90 Å². The monoisotopic (exact) mass is 279 g/mol. The van der Waals surface area contributed by atoms with E-state index in [-0.39, 0.29) is 18.9 Å². The number of hydrogen-bond acceptors (Lipinski definition) is 4. The molecule has 0 saturated carbocycles. The molecule has 1 N–H and O–H groups in total. The van der Waals surface area contributed by atoms with Crippen LogP contribution in [0.3, 0.4) is 0 Å². The minimum absolute atomic E-state index is 0.0572. The Bertz CT molecular complexity index is 528. The van der Waals surface area contributed by atoms with Crippen molar-refractivity contribution < 1.29 is 24.2 Å². The van der Waals surface area contributed by atoms with Crippen LogP contribution < -0.4 is 9.47 Å². The number of carbonyl (C=O) groups is 2. The molecule has 1 saturated heterocycles. The Hall–Kier alpha value is -2.24. The summed E-state index contributed by atoms with van der Waals surface area (Å²) in [5, 5.41) is 8.97. The van der Waals surface area contributed by atoms with Crippen molar-refractivity contribution in [3.8, 4) is 11.5 Å². The summed E-state index contributed by atoms with van der Waals surface area (Å²) in [6.07, 6.45) is 0.0572. The summed E-state index contributed by atoms with van der Waals surface area (Å²) in [5.74, 6) is -0.389. The van der Waals surface area contributed by atoms with Crippen LogP contribution in [0.2, 0.25) is 0 Å². The Kier molecular flexibility index (Phi) is 4.12. The highest BCUT2D eigenvalue weighted by Gasteiger charge is 2.34. The van der Waals surface area contributed by atoms with Crippen molar-refractivity contribution >= 4 is 11.9 Å². The maximum atomic E-state index is 11.8. The van der Waals surface area contributed by atoms with Gasteiger partial charge in [0.1, 0.15) is 11.5 Å². The molecular formula is C14H17NO5. The van der Waals surface area contributed by atoms with Crippen LogP contribution >= 0.6 is 0 Å². The van der Waals surface area contributed by atoms with Gasteiger partial charge in [0.25, 0.3) is 0 Å². The number of carboxylic acid groups (broad SMARTS) is 1. The number of aliphatic carboxylic acids is 1. The van der Waals surface area contributed by atoms with Crippen molar-refractivity contribution in [3.63, 3.8) is 0 Å². The van der Waals surface area contributed by atoms with E-state index in [9.17, 15) is 9.59 Å². The highest BCUT2D eigenvalue weighted by molar-refractivity contribution is 5.86. The van der Waals surface area contributed by atoms with E-state index in [1.165, 1.54) is 4.90 Å². The number of methoxy groups -OCH3 is 2. The molecule has 1 aromatic carbocycles. The average Bonchev–Trinajstić information content (AvgIpc) is 2.80. The molecule has 1 aliphatic rings. The van der Waals surface area contributed by atoms with Crippen LogP contribution in [0.5, 0.6) is 11.5 Å². The molecule has 108 valence electrons. The largest absolute Gasteiger partial charge is 0.497 e. The zero-order valence-electron chi connectivity index (χ0n) is 11.5. The Morgan fingerprint density at radius 2 is 2.15 bits per heavy atom. The zero-order chi connectivity index (χ0) is 14.7. The molecule has 0 aromatic heterocycles. The molecule has 1 atom stereocenters. The first-order chi connectivity index (χ1) is 9.55. The molecule has 20 heavy (non-hydrogen) atoms. The second-order valence-electron chi connectivity index (χ2n) is 4.69. The second-order valence-corrected chi connectivity index (χ2v) is 4.69. The van der Waals surface area contributed by atoms with Crippen molar-refractivity contribution in [2.75, 3.05) is 20.8 Å². The maximum absolute atomic E-state index is 11.8. The molecule has 0 radical (unpaired) electrons. The fourth-order valence-corrected chi connectivity index (χ4v) is 2.30. The van der Waals surface area contributed by atoms with Gasteiger partial charge in [0.15, 0.2) is 0 Å². The predicted molar refractivity (Wildman–Crippen MR) is 70.7 cm³/mol. The van der Waals surface area contributed by atoms with Gasteiger partial charge in [0.05, 0.1) is 20.1 Å². The third-order valence-corrected chi connectivity index (χ3v) is 3.41. The van der Waals surface area contributed by atoms with Gasteiger partial charge in [-0.25, -0.2) is 0 Å². The van der Waals surface area contributed by atoms with E-state index in [1.807, 2.05) is 0 Å². The van der Waals surface area contributed by atoms with Gasteiger partial charge < -0.3 is 19.5 Å². The van der Waals surface area contributed by atoms with Gasteiger partial charge in [-0.1, -0.05) is 0 Å². The third-order valence-electron chi connectivity index (χ3n) is 3.41. The second kappa shape index (κ2) is 5.81. The lowest BCUT2D eigenvalue weighted by atomic mass is 10.1. The molecule has 0 bridgehead atoms. The number of likely N-dealkylation sites (tertiary alicyclic amines) is 1. The van der Waals surface area contributed by atoms with Crippen LogP contribution in [-0.4, -0.2) is 42.6 Å². The number of nitrogens with zero attached hydrogens (tertiary/aromatic N) is 1. The normalized spacial score (nSPS) is 18.2. The summed E-state index contributed by atoms with van der Waals surface area (Å²) in [5.41, 5.74) is 0.797. The topological polar surface area (TPSA) is 76.1 Å². The SMILES string of the molecule is COc1ccc(OC)c(CN2CC(C(=O)O)CC2=O)c1. The van der Waals surface area contributed by atoms with Gasteiger partial charge in [-0.15, -0.1) is 0 Å². The summed E-state index contributed by atoms with van der Waals surface area (Å²) in [4.78, 5) is 24.3. The van der Waals surface area contributed by atoms with Crippen LogP contribution in [0.15, 0.2) is 18.2 Å². The van der Waals surface area contributed by atoms with Gasteiger partial charge >= 0.3 is 5.97 Å². The van der Waals surface area contributed by atoms with E-state index in [0.717, 1.165) is 5.56 Å². The first kappa shape index (κ1) is 14.2. The molecular weight excluding hydrogens is 262 g/mol. The van der Waals surface area contributed by atoms with Gasteiger partial charge in [-0.3, -0.25) is 9.59 Å². The number of hydrogen-bond donors (Lipinski definition) is 1. The highest BCUT2D eigenvalue weighted by Crippen LogP contribution is 2.28. The quantitative estimate of drug-likeness (QED) is 0.874. The lowest BCUT2D eigenvalue weighted by molar-refractivity contribution is -0.141. The molecule has 2 rings (SSSR count). The van der Waals surface area contributed by atoms with Crippen LogP contribution in [-0.2, 0) is 16.1 Å². The van der Waals surface area contributed by atoms with Crippen molar-refractivity contribution in [3.05, 3.63) is 23.8 Å². The Morgan fingerprint density at radius 1 is 1.40 bits per heavy atom. The fourth-order valence-electron chi connectivity index (χ4n) is 2.30. The van der Waals surface area contributed by atoms with Gasteiger partial charge in [-0.05, 0) is 18.2 Å². The summed E-state index contributed by atoms with van der Waals surface area (Å²) < 4.78 is 10.4. The number of benzene rings is 1. The molecule has 1 unspecified atom stereocenters. The Morgan fingerprint density at radius 3 is 2.70 bits per heavy atom.